The summed E-state index contributed by atoms with van der Waals surface area (Å²) in [4.78, 5) is 21.0. The molecule has 31 heavy (non-hydrogen) atoms. The summed E-state index contributed by atoms with van der Waals surface area (Å²) in [6.45, 7) is 0. The second kappa shape index (κ2) is 8.51. The fourth-order valence-electron chi connectivity index (χ4n) is 3.98. The summed E-state index contributed by atoms with van der Waals surface area (Å²) in [7, 11) is 0. The quantitative estimate of drug-likeness (QED) is 0.532. The van der Waals surface area contributed by atoms with E-state index < -0.39 is 0 Å². The summed E-state index contributed by atoms with van der Waals surface area (Å²) in [6.07, 6.45) is 12.6. The molecular weight excluding hydrogens is 392 g/mol. The number of benzene rings is 1. The summed E-state index contributed by atoms with van der Waals surface area (Å²) in [6, 6.07) is 11.8. The normalized spacial score (nSPS) is 18.6. The van der Waals surface area contributed by atoms with E-state index in [1.807, 2.05) is 47.4 Å². The van der Waals surface area contributed by atoms with Crippen molar-refractivity contribution in [3.8, 4) is 22.6 Å². The van der Waals surface area contributed by atoms with E-state index in [-0.39, 0.29) is 11.9 Å². The van der Waals surface area contributed by atoms with Crippen LogP contribution >= 0.6 is 0 Å². The highest BCUT2D eigenvalue weighted by atomic mass is 16.5. The number of hydrogen-bond donors (Lipinski definition) is 1. The molecule has 1 aliphatic carbocycles. The van der Waals surface area contributed by atoms with E-state index in [9.17, 15) is 4.79 Å². The van der Waals surface area contributed by atoms with Crippen molar-refractivity contribution < 1.29 is 9.32 Å². The van der Waals surface area contributed by atoms with Gasteiger partial charge in [0.15, 0.2) is 11.5 Å². The third-order valence-corrected chi connectivity index (χ3v) is 5.67. The van der Waals surface area contributed by atoms with E-state index in [4.69, 9.17) is 4.52 Å². The van der Waals surface area contributed by atoms with Crippen molar-refractivity contribution >= 4 is 5.91 Å². The van der Waals surface area contributed by atoms with Gasteiger partial charge in [-0.05, 0) is 25.7 Å². The molecule has 0 saturated heterocycles. The molecule has 8 nitrogen and oxygen atoms in total. The van der Waals surface area contributed by atoms with Gasteiger partial charge in [0, 0.05) is 41.8 Å². The second-order valence-electron chi connectivity index (χ2n) is 7.72. The molecule has 0 spiro atoms. The van der Waals surface area contributed by atoms with Crippen molar-refractivity contribution in [1.82, 2.24) is 30.2 Å². The molecule has 5 rings (SSSR count). The molecule has 0 unspecified atom stereocenters. The van der Waals surface area contributed by atoms with E-state index in [1.165, 1.54) is 0 Å². The molecule has 1 fully saturated rings. The van der Waals surface area contributed by atoms with Crippen LogP contribution in [0.5, 0.6) is 0 Å². The molecule has 1 N–H and O–H groups in total. The van der Waals surface area contributed by atoms with Gasteiger partial charge in [-0.2, -0.15) is 5.10 Å². The molecule has 1 amide bonds. The monoisotopic (exact) mass is 414 g/mol. The predicted molar refractivity (Wildman–Crippen MR) is 114 cm³/mol. The van der Waals surface area contributed by atoms with E-state index >= 15 is 0 Å². The number of nitrogens with zero attached hydrogens (tertiary/aromatic N) is 5. The van der Waals surface area contributed by atoms with E-state index in [2.05, 4.69) is 25.5 Å². The first-order valence-corrected chi connectivity index (χ1v) is 10.4. The van der Waals surface area contributed by atoms with Crippen LogP contribution in [0.3, 0.4) is 0 Å². The number of hydrogen-bond acceptors (Lipinski definition) is 6. The van der Waals surface area contributed by atoms with Crippen molar-refractivity contribution in [3.05, 3.63) is 73.1 Å². The van der Waals surface area contributed by atoms with Crippen LogP contribution in [0.4, 0.5) is 0 Å². The van der Waals surface area contributed by atoms with Gasteiger partial charge < -0.3 is 9.84 Å². The van der Waals surface area contributed by atoms with Crippen LogP contribution in [0, 0.1) is 0 Å². The highest BCUT2D eigenvalue weighted by Gasteiger charge is 2.25. The maximum absolute atomic E-state index is 12.6. The van der Waals surface area contributed by atoms with Crippen LogP contribution in [0.1, 0.15) is 42.2 Å². The third-order valence-electron chi connectivity index (χ3n) is 5.67. The summed E-state index contributed by atoms with van der Waals surface area (Å²) < 4.78 is 7.35. The maximum atomic E-state index is 12.6. The Labute approximate surface area is 179 Å². The van der Waals surface area contributed by atoms with Crippen LogP contribution in [0.25, 0.3) is 22.6 Å². The largest absolute Gasteiger partial charge is 0.355 e. The summed E-state index contributed by atoms with van der Waals surface area (Å²) in [5, 5.41) is 11.6. The number of amides is 1. The SMILES string of the molecule is O=C(NC1CCC(n2cc(-c3cnccn3)cn2)CC1)c1cc(-c2ccccc2)on1. The zero-order valence-electron chi connectivity index (χ0n) is 16.9. The minimum Gasteiger partial charge on any atom is -0.355 e. The fraction of sp³-hybridized carbons (Fsp3) is 0.261. The van der Waals surface area contributed by atoms with E-state index in [0.717, 1.165) is 42.5 Å². The van der Waals surface area contributed by atoms with Crippen molar-refractivity contribution in [2.75, 3.05) is 0 Å². The van der Waals surface area contributed by atoms with Crippen LogP contribution in [0.15, 0.2) is 71.9 Å². The minimum absolute atomic E-state index is 0.121. The van der Waals surface area contributed by atoms with Gasteiger partial charge >= 0.3 is 0 Å². The zero-order valence-corrected chi connectivity index (χ0v) is 16.9. The van der Waals surface area contributed by atoms with Gasteiger partial charge in [0.05, 0.1) is 24.1 Å². The number of rotatable bonds is 5. The fourth-order valence-corrected chi connectivity index (χ4v) is 3.98. The highest BCUT2D eigenvalue weighted by Crippen LogP contribution is 2.29. The van der Waals surface area contributed by atoms with Crippen molar-refractivity contribution in [2.24, 2.45) is 0 Å². The number of nitrogens with one attached hydrogen (secondary N) is 1. The Bertz CT molecular complexity index is 1150. The van der Waals surface area contributed by atoms with Gasteiger partial charge in [-0.25, -0.2) is 0 Å². The van der Waals surface area contributed by atoms with Crippen molar-refractivity contribution in [2.45, 2.75) is 37.8 Å². The molecular formula is C23H22N6O2. The second-order valence-corrected chi connectivity index (χ2v) is 7.72. The summed E-state index contributed by atoms with van der Waals surface area (Å²) >= 11 is 0. The van der Waals surface area contributed by atoms with Gasteiger partial charge in [-0.15, -0.1) is 0 Å². The molecule has 0 atom stereocenters. The third kappa shape index (κ3) is 4.23. The smallest absolute Gasteiger partial charge is 0.273 e. The summed E-state index contributed by atoms with van der Waals surface area (Å²) in [5.74, 6) is 0.394. The topological polar surface area (TPSA) is 98.7 Å². The van der Waals surface area contributed by atoms with Gasteiger partial charge in [0.1, 0.15) is 0 Å². The van der Waals surface area contributed by atoms with Crippen LogP contribution < -0.4 is 5.32 Å². The molecule has 1 aliphatic rings. The van der Waals surface area contributed by atoms with Crippen molar-refractivity contribution in [1.29, 1.82) is 0 Å². The lowest BCUT2D eigenvalue weighted by molar-refractivity contribution is 0.0912. The Morgan fingerprint density at radius 1 is 1.03 bits per heavy atom. The first kappa shape index (κ1) is 19.2. The lowest BCUT2D eigenvalue weighted by Crippen LogP contribution is -2.38. The van der Waals surface area contributed by atoms with Gasteiger partial charge in [-0.3, -0.25) is 19.4 Å². The number of aromatic nitrogens is 5. The molecule has 8 heteroatoms. The maximum Gasteiger partial charge on any atom is 0.273 e. The molecule has 3 heterocycles. The Morgan fingerprint density at radius 3 is 2.65 bits per heavy atom. The average Bonchev–Trinajstić information content (AvgIpc) is 3.51. The van der Waals surface area contributed by atoms with Crippen LogP contribution in [-0.2, 0) is 0 Å². The average molecular weight is 414 g/mol. The Hall–Kier alpha value is -3.81. The standard InChI is InChI=1S/C23H22N6O2/c30-23(20-12-22(31-28-20)16-4-2-1-3-5-16)27-18-6-8-19(9-7-18)29-15-17(13-26-29)21-14-24-10-11-25-21/h1-5,10-15,18-19H,6-9H2,(H,27,30). The van der Waals surface area contributed by atoms with Gasteiger partial charge in [-0.1, -0.05) is 35.5 Å². The number of carbonyl (C=O) groups is 1. The Morgan fingerprint density at radius 2 is 1.87 bits per heavy atom. The Kier molecular flexibility index (Phi) is 5.26. The van der Waals surface area contributed by atoms with E-state index in [0.29, 0.717) is 17.5 Å². The Balaban J connectivity index is 1.17. The predicted octanol–water partition coefficient (Wildman–Crippen LogP) is 3.91. The summed E-state index contributed by atoms with van der Waals surface area (Å²) in [5.41, 5.74) is 2.98. The highest BCUT2D eigenvalue weighted by molar-refractivity contribution is 5.93. The molecule has 1 aromatic carbocycles. The van der Waals surface area contributed by atoms with E-state index in [1.54, 1.807) is 24.7 Å². The van der Waals surface area contributed by atoms with Gasteiger partial charge in [0.2, 0.25) is 0 Å². The van der Waals surface area contributed by atoms with Crippen LogP contribution in [-0.4, -0.2) is 36.9 Å². The molecule has 0 aliphatic heterocycles. The molecule has 0 radical (unpaired) electrons. The van der Waals surface area contributed by atoms with Crippen molar-refractivity contribution in [3.63, 3.8) is 0 Å². The van der Waals surface area contributed by atoms with Gasteiger partial charge in [0.25, 0.3) is 5.91 Å². The molecule has 4 aromatic rings. The first-order valence-electron chi connectivity index (χ1n) is 10.4. The molecule has 0 bridgehead atoms. The first-order chi connectivity index (χ1) is 15.3. The molecule has 156 valence electrons. The number of carbonyl (C=O) groups excluding carboxylic acids is 1. The molecule has 3 aromatic heterocycles. The lowest BCUT2D eigenvalue weighted by atomic mass is 9.91. The molecule has 1 saturated carbocycles. The lowest BCUT2D eigenvalue weighted by Gasteiger charge is -2.29. The minimum atomic E-state index is -0.196. The van der Waals surface area contributed by atoms with Crippen LogP contribution in [0.2, 0.25) is 0 Å². The zero-order chi connectivity index (χ0) is 21.0.